The van der Waals surface area contributed by atoms with Gasteiger partial charge in [-0.05, 0) is 37.0 Å². The van der Waals surface area contributed by atoms with E-state index in [4.69, 9.17) is 9.47 Å². The van der Waals surface area contributed by atoms with Gasteiger partial charge in [0.15, 0.2) is 11.5 Å². The van der Waals surface area contributed by atoms with E-state index < -0.39 is 0 Å². The van der Waals surface area contributed by atoms with Crippen LogP contribution in [0, 0.1) is 0 Å². The average molecular weight is 305 g/mol. The molecule has 0 aliphatic carbocycles. The molecule has 0 N–H and O–H groups in total. The molecule has 0 saturated heterocycles. The molecule has 2 aromatic rings. The van der Waals surface area contributed by atoms with Gasteiger partial charge in [-0.1, -0.05) is 20.8 Å². The third-order valence-electron chi connectivity index (χ3n) is 3.22. The first kappa shape index (κ1) is 15.8. The van der Waals surface area contributed by atoms with Crippen LogP contribution in [0.4, 0.5) is 0 Å². The van der Waals surface area contributed by atoms with Gasteiger partial charge >= 0.3 is 0 Å². The summed E-state index contributed by atoms with van der Waals surface area (Å²) in [5.41, 5.74) is 5.05. The topological polar surface area (TPSA) is 31.4 Å². The first-order valence-electron chi connectivity index (χ1n) is 7.30. The standard InChI is InChI=1S/C17H23NO2S/c1-6-19-15-9-12(17(3,4)5)8-13(16(15)20-7-2)14-10-21-11-18-14/h8-11H,6-7H2,1-5H3. The number of hydrogen-bond acceptors (Lipinski definition) is 4. The molecular weight excluding hydrogens is 282 g/mol. The average Bonchev–Trinajstić information content (AvgIpc) is 2.93. The third-order valence-corrected chi connectivity index (χ3v) is 3.80. The Morgan fingerprint density at radius 2 is 1.81 bits per heavy atom. The van der Waals surface area contributed by atoms with Crippen LogP contribution in [0.5, 0.6) is 11.5 Å². The Labute approximate surface area is 130 Å². The van der Waals surface area contributed by atoms with Gasteiger partial charge in [0.05, 0.1) is 24.4 Å². The lowest BCUT2D eigenvalue weighted by Crippen LogP contribution is -2.12. The molecule has 0 atom stereocenters. The van der Waals surface area contributed by atoms with Crippen molar-refractivity contribution in [3.63, 3.8) is 0 Å². The van der Waals surface area contributed by atoms with E-state index in [0.717, 1.165) is 22.8 Å². The molecule has 0 bridgehead atoms. The second-order valence-corrected chi connectivity index (χ2v) is 6.56. The van der Waals surface area contributed by atoms with E-state index >= 15 is 0 Å². The van der Waals surface area contributed by atoms with Crippen LogP contribution < -0.4 is 9.47 Å². The van der Waals surface area contributed by atoms with Crippen LogP contribution in [-0.2, 0) is 5.41 Å². The minimum absolute atomic E-state index is 0.0430. The second kappa shape index (κ2) is 6.48. The number of rotatable bonds is 5. The molecule has 0 saturated carbocycles. The number of hydrogen-bond donors (Lipinski definition) is 0. The van der Waals surface area contributed by atoms with Gasteiger partial charge in [0, 0.05) is 10.9 Å². The van der Waals surface area contributed by atoms with Gasteiger partial charge in [-0.15, -0.1) is 11.3 Å². The predicted octanol–water partition coefficient (Wildman–Crippen LogP) is 4.91. The zero-order valence-corrected chi connectivity index (χ0v) is 14.2. The number of benzene rings is 1. The van der Waals surface area contributed by atoms with Gasteiger partial charge in [0.1, 0.15) is 0 Å². The van der Waals surface area contributed by atoms with Crippen LogP contribution in [-0.4, -0.2) is 18.2 Å². The zero-order chi connectivity index (χ0) is 15.5. The third kappa shape index (κ3) is 3.56. The summed E-state index contributed by atoms with van der Waals surface area (Å²) in [6.45, 7) is 11.8. The Morgan fingerprint density at radius 3 is 2.33 bits per heavy atom. The fourth-order valence-corrected chi connectivity index (χ4v) is 2.68. The summed E-state index contributed by atoms with van der Waals surface area (Å²) in [6.07, 6.45) is 0. The highest BCUT2D eigenvalue weighted by Crippen LogP contribution is 2.42. The molecule has 1 heterocycles. The largest absolute Gasteiger partial charge is 0.490 e. The molecule has 0 amide bonds. The van der Waals surface area contributed by atoms with Crippen molar-refractivity contribution in [3.8, 4) is 22.8 Å². The maximum atomic E-state index is 5.85. The molecule has 0 aliphatic rings. The normalized spacial score (nSPS) is 11.5. The molecular formula is C17H23NO2S. The van der Waals surface area contributed by atoms with Gasteiger partial charge in [0.2, 0.25) is 0 Å². The fourth-order valence-electron chi connectivity index (χ4n) is 2.13. The lowest BCUT2D eigenvalue weighted by molar-refractivity contribution is 0.288. The van der Waals surface area contributed by atoms with E-state index in [0.29, 0.717) is 13.2 Å². The van der Waals surface area contributed by atoms with Crippen molar-refractivity contribution >= 4 is 11.3 Å². The van der Waals surface area contributed by atoms with E-state index in [1.54, 1.807) is 11.3 Å². The first-order chi connectivity index (χ1) is 9.97. The highest BCUT2D eigenvalue weighted by atomic mass is 32.1. The van der Waals surface area contributed by atoms with Crippen molar-refractivity contribution in [2.24, 2.45) is 0 Å². The molecule has 0 aliphatic heterocycles. The predicted molar refractivity (Wildman–Crippen MR) is 88.6 cm³/mol. The van der Waals surface area contributed by atoms with Crippen LogP contribution in [0.25, 0.3) is 11.3 Å². The monoisotopic (exact) mass is 305 g/mol. The summed E-state index contributed by atoms with van der Waals surface area (Å²) in [6, 6.07) is 4.26. The number of thiazole rings is 1. The molecule has 21 heavy (non-hydrogen) atoms. The van der Waals surface area contributed by atoms with E-state index in [9.17, 15) is 0 Å². The molecule has 0 unspecified atom stereocenters. The van der Waals surface area contributed by atoms with Gasteiger partial charge in [-0.3, -0.25) is 0 Å². The Morgan fingerprint density at radius 1 is 1.10 bits per heavy atom. The summed E-state index contributed by atoms with van der Waals surface area (Å²) >= 11 is 1.59. The smallest absolute Gasteiger partial charge is 0.170 e. The van der Waals surface area contributed by atoms with Gasteiger partial charge in [0.25, 0.3) is 0 Å². The molecule has 2 rings (SSSR count). The molecule has 1 aromatic heterocycles. The summed E-state index contributed by atoms with van der Waals surface area (Å²) < 4.78 is 11.7. The first-order valence-corrected chi connectivity index (χ1v) is 8.24. The van der Waals surface area contributed by atoms with E-state index in [-0.39, 0.29) is 5.41 Å². The summed E-state index contributed by atoms with van der Waals surface area (Å²) in [4.78, 5) is 4.44. The minimum atomic E-state index is 0.0430. The summed E-state index contributed by atoms with van der Waals surface area (Å²) in [5, 5.41) is 2.04. The molecule has 0 spiro atoms. The van der Waals surface area contributed by atoms with Crippen molar-refractivity contribution in [2.45, 2.75) is 40.0 Å². The molecule has 114 valence electrons. The highest BCUT2D eigenvalue weighted by Gasteiger charge is 2.22. The summed E-state index contributed by atoms with van der Waals surface area (Å²) in [5.74, 6) is 1.59. The molecule has 0 radical (unpaired) electrons. The Kier molecular flexibility index (Phi) is 4.88. The number of ether oxygens (including phenoxy) is 2. The Bertz CT molecular complexity index is 586. The summed E-state index contributed by atoms with van der Waals surface area (Å²) in [7, 11) is 0. The maximum Gasteiger partial charge on any atom is 0.170 e. The highest BCUT2D eigenvalue weighted by molar-refractivity contribution is 7.07. The van der Waals surface area contributed by atoms with Crippen molar-refractivity contribution in [2.75, 3.05) is 13.2 Å². The van der Waals surface area contributed by atoms with Crippen LogP contribution in [0.15, 0.2) is 23.0 Å². The Balaban J connectivity index is 2.66. The molecule has 1 aromatic carbocycles. The molecule has 4 heteroatoms. The van der Waals surface area contributed by atoms with Crippen molar-refractivity contribution < 1.29 is 9.47 Å². The Hall–Kier alpha value is -1.55. The van der Waals surface area contributed by atoms with Gasteiger partial charge < -0.3 is 9.47 Å². The number of nitrogens with zero attached hydrogens (tertiary/aromatic N) is 1. The maximum absolute atomic E-state index is 5.85. The second-order valence-electron chi connectivity index (χ2n) is 5.84. The SMILES string of the molecule is CCOc1cc(C(C)(C)C)cc(-c2cscn2)c1OCC. The van der Waals surface area contributed by atoms with E-state index in [1.807, 2.05) is 24.7 Å². The van der Waals surface area contributed by atoms with Crippen molar-refractivity contribution in [1.82, 2.24) is 4.98 Å². The van der Waals surface area contributed by atoms with Crippen molar-refractivity contribution in [1.29, 1.82) is 0 Å². The van der Waals surface area contributed by atoms with Crippen LogP contribution in [0.1, 0.15) is 40.2 Å². The molecule has 3 nitrogen and oxygen atoms in total. The van der Waals surface area contributed by atoms with Crippen molar-refractivity contribution in [3.05, 3.63) is 28.6 Å². The van der Waals surface area contributed by atoms with Crippen LogP contribution >= 0.6 is 11.3 Å². The van der Waals surface area contributed by atoms with Crippen LogP contribution in [0.2, 0.25) is 0 Å². The molecule has 0 fully saturated rings. The fraction of sp³-hybridized carbons (Fsp3) is 0.471. The van der Waals surface area contributed by atoms with Crippen LogP contribution in [0.3, 0.4) is 0 Å². The minimum Gasteiger partial charge on any atom is -0.490 e. The van der Waals surface area contributed by atoms with Gasteiger partial charge in [-0.2, -0.15) is 0 Å². The zero-order valence-electron chi connectivity index (χ0n) is 13.4. The quantitative estimate of drug-likeness (QED) is 0.787. The lowest BCUT2D eigenvalue weighted by atomic mass is 9.85. The van der Waals surface area contributed by atoms with E-state index in [2.05, 4.69) is 37.9 Å². The van der Waals surface area contributed by atoms with E-state index in [1.165, 1.54) is 5.56 Å². The lowest BCUT2D eigenvalue weighted by Gasteiger charge is -2.23. The number of aromatic nitrogens is 1. The van der Waals surface area contributed by atoms with Gasteiger partial charge in [-0.25, -0.2) is 4.98 Å².